The van der Waals surface area contributed by atoms with Gasteiger partial charge in [0.2, 0.25) is 0 Å². The highest BCUT2D eigenvalue weighted by molar-refractivity contribution is 4.68. The van der Waals surface area contributed by atoms with Crippen LogP contribution in [0.2, 0.25) is 0 Å². The van der Waals surface area contributed by atoms with Crippen LogP contribution in [0.15, 0.2) is 0 Å². The average Bonchev–Trinajstić information content (AvgIpc) is 1.83. The van der Waals surface area contributed by atoms with E-state index in [2.05, 4.69) is 74.4 Å². The molecule has 0 amide bonds. The Balaban J connectivity index is 0. The van der Waals surface area contributed by atoms with Gasteiger partial charge in [0.1, 0.15) is 0 Å². The normalized spacial score (nSPS) is 12.9. The fourth-order valence-electron chi connectivity index (χ4n) is 0. The third kappa shape index (κ3) is 10.0. The van der Waals surface area contributed by atoms with Crippen molar-refractivity contribution >= 4 is 0 Å². The lowest BCUT2D eigenvalue weighted by Crippen LogP contribution is -2.34. The van der Waals surface area contributed by atoms with Crippen molar-refractivity contribution in [1.29, 1.82) is 0 Å². The summed E-state index contributed by atoms with van der Waals surface area (Å²) >= 11 is 0. The number of hydrogen-bond donors (Lipinski definition) is 0. The Bertz CT molecular complexity index is 114. The third-order valence-corrected chi connectivity index (χ3v) is 3.07. The molecular weight excluding hydrogens is 170 g/mol. The molecular formula is C13H31N. The monoisotopic (exact) mass is 201 g/mol. The molecule has 0 saturated carbocycles. The van der Waals surface area contributed by atoms with Crippen molar-refractivity contribution in [3.63, 3.8) is 0 Å². The molecule has 0 aliphatic rings. The summed E-state index contributed by atoms with van der Waals surface area (Å²) in [6.07, 6.45) is 0. The molecule has 0 atom stereocenters. The van der Waals surface area contributed by atoms with Crippen molar-refractivity contribution in [2.75, 3.05) is 14.1 Å². The maximum absolute atomic E-state index is 2.26. The number of hydrogen-bond acceptors (Lipinski definition) is 1. The maximum atomic E-state index is 2.26. The Morgan fingerprint density at radius 1 is 0.786 bits per heavy atom. The highest BCUT2D eigenvalue weighted by Gasteiger charge is 2.13. The van der Waals surface area contributed by atoms with E-state index in [1.807, 2.05) is 0 Å². The van der Waals surface area contributed by atoms with Crippen LogP contribution in [0.3, 0.4) is 0 Å². The van der Waals surface area contributed by atoms with Gasteiger partial charge in [-0.05, 0) is 46.2 Å². The van der Waals surface area contributed by atoms with Crippen LogP contribution in [0.25, 0.3) is 0 Å². The fraction of sp³-hybridized carbons (Fsp3) is 1.00. The Hall–Kier alpha value is -0.0400. The van der Waals surface area contributed by atoms with E-state index < -0.39 is 0 Å². The van der Waals surface area contributed by atoms with Crippen molar-refractivity contribution in [2.45, 2.75) is 60.9 Å². The van der Waals surface area contributed by atoms with Crippen LogP contribution in [0.4, 0.5) is 0 Å². The third-order valence-electron chi connectivity index (χ3n) is 3.07. The molecule has 0 aromatic carbocycles. The summed E-state index contributed by atoms with van der Waals surface area (Å²) in [4.78, 5) is 2.19. The second kappa shape index (κ2) is 5.75. The van der Waals surface area contributed by atoms with Crippen molar-refractivity contribution in [3.8, 4) is 0 Å². The average molecular weight is 201 g/mol. The SMILES string of the molecule is CC(C)C(C)(C)C.CN(C)C(C)(C)C. The molecule has 0 aliphatic heterocycles. The summed E-state index contributed by atoms with van der Waals surface area (Å²) in [5.41, 5.74) is 0.833. The predicted octanol–water partition coefficient (Wildman–Crippen LogP) is 4.04. The van der Waals surface area contributed by atoms with E-state index in [1.165, 1.54) is 0 Å². The van der Waals surface area contributed by atoms with Crippen LogP contribution in [0, 0.1) is 11.3 Å². The Kier molecular flexibility index (Phi) is 6.73. The van der Waals surface area contributed by atoms with Crippen LogP contribution in [0.1, 0.15) is 55.4 Å². The lowest BCUT2D eigenvalue weighted by atomic mass is 9.84. The molecule has 0 rings (SSSR count). The first kappa shape index (κ1) is 16.4. The molecule has 1 nitrogen and oxygen atoms in total. The lowest BCUT2D eigenvalue weighted by molar-refractivity contribution is 0.219. The van der Waals surface area contributed by atoms with Crippen LogP contribution in [-0.2, 0) is 0 Å². The first-order valence-electron chi connectivity index (χ1n) is 5.56. The van der Waals surface area contributed by atoms with Crippen LogP contribution in [0.5, 0.6) is 0 Å². The van der Waals surface area contributed by atoms with E-state index in [-0.39, 0.29) is 0 Å². The zero-order valence-corrected chi connectivity index (χ0v) is 12.0. The van der Waals surface area contributed by atoms with Gasteiger partial charge in [0.15, 0.2) is 0 Å². The van der Waals surface area contributed by atoms with E-state index in [4.69, 9.17) is 0 Å². The van der Waals surface area contributed by atoms with Crippen molar-refractivity contribution in [2.24, 2.45) is 11.3 Å². The second-order valence-electron chi connectivity index (χ2n) is 6.59. The van der Waals surface area contributed by atoms with Crippen molar-refractivity contribution in [1.82, 2.24) is 4.90 Å². The molecule has 0 spiro atoms. The molecule has 0 aromatic rings. The maximum Gasteiger partial charge on any atom is 0.0118 e. The van der Waals surface area contributed by atoms with E-state index in [0.717, 1.165) is 5.92 Å². The molecule has 0 aromatic heterocycles. The molecule has 0 radical (unpaired) electrons. The van der Waals surface area contributed by atoms with Crippen molar-refractivity contribution < 1.29 is 0 Å². The predicted molar refractivity (Wildman–Crippen MR) is 67.7 cm³/mol. The van der Waals surface area contributed by atoms with Gasteiger partial charge in [-0.2, -0.15) is 0 Å². The molecule has 0 bridgehead atoms. The van der Waals surface area contributed by atoms with Gasteiger partial charge in [-0.3, -0.25) is 0 Å². The van der Waals surface area contributed by atoms with Crippen LogP contribution in [-0.4, -0.2) is 24.5 Å². The molecule has 0 N–H and O–H groups in total. The molecule has 0 aliphatic carbocycles. The van der Waals surface area contributed by atoms with Gasteiger partial charge in [0, 0.05) is 5.54 Å². The summed E-state index contributed by atoms with van der Waals surface area (Å²) in [6.45, 7) is 17.8. The summed E-state index contributed by atoms with van der Waals surface area (Å²) in [6, 6.07) is 0. The van der Waals surface area contributed by atoms with Crippen LogP contribution < -0.4 is 0 Å². The molecule has 1 heteroatoms. The highest BCUT2D eigenvalue weighted by Crippen LogP contribution is 2.23. The van der Waals surface area contributed by atoms with E-state index in [1.54, 1.807) is 0 Å². The smallest absolute Gasteiger partial charge is 0.0118 e. The lowest BCUT2D eigenvalue weighted by Gasteiger charge is -2.27. The van der Waals surface area contributed by atoms with Gasteiger partial charge in [0.25, 0.3) is 0 Å². The van der Waals surface area contributed by atoms with Gasteiger partial charge in [-0.15, -0.1) is 0 Å². The van der Waals surface area contributed by atoms with Crippen LogP contribution >= 0.6 is 0 Å². The summed E-state index contributed by atoms with van der Waals surface area (Å²) in [5, 5.41) is 0. The van der Waals surface area contributed by atoms with E-state index in [0.29, 0.717) is 11.0 Å². The van der Waals surface area contributed by atoms with E-state index in [9.17, 15) is 0 Å². The quantitative estimate of drug-likeness (QED) is 0.572. The summed E-state index contributed by atoms with van der Waals surface area (Å²) < 4.78 is 0. The molecule has 0 fully saturated rings. The fourth-order valence-corrected chi connectivity index (χ4v) is 0. The van der Waals surface area contributed by atoms with Gasteiger partial charge < -0.3 is 4.90 Å². The van der Waals surface area contributed by atoms with E-state index >= 15 is 0 Å². The molecule has 14 heavy (non-hydrogen) atoms. The summed E-state index contributed by atoms with van der Waals surface area (Å²) in [7, 11) is 4.17. The topological polar surface area (TPSA) is 3.24 Å². The highest BCUT2D eigenvalue weighted by atomic mass is 15.1. The molecule has 0 unspecified atom stereocenters. The summed E-state index contributed by atoms with van der Waals surface area (Å²) in [5.74, 6) is 0.799. The van der Waals surface area contributed by atoms with Gasteiger partial charge in [0.05, 0.1) is 0 Å². The first-order valence-corrected chi connectivity index (χ1v) is 5.56. The van der Waals surface area contributed by atoms with Gasteiger partial charge >= 0.3 is 0 Å². The minimum absolute atomic E-state index is 0.333. The number of rotatable bonds is 0. The molecule has 0 heterocycles. The number of nitrogens with zero attached hydrogens (tertiary/aromatic N) is 1. The Morgan fingerprint density at radius 2 is 0.929 bits per heavy atom. The Morgan fingerprint density at radius 3 is 0.929 bits per heavy atom. The zero-order valence-electron chi connectivity index (χ0n) is 12.0. The minimum Gasteiger partial charge on any atom is -0.305 e. The first-order chi connectivity index (χ1) is 5.89. The standard InChI is InChI=1S/C7H16.C6H15N/c1-6(2)7(3,4)5;1-6(2,3)7(4)5/h6H,1-5H3;1-5H3. The van der Waals surface area contributed by atoms with Crippen molar-refractivity contribution in [3.05, 3.63) is 0 Å². The van der Waals surface area contributed by atoms with Gasteiger partial charge in [-0.25, -0.2) is 0 Å². The molecule has 0 saturated heterocycles. The zero-order chi connectivity index (χ0) is 12.2. The largest absolute Gasteiger partial charge is 0.305 e. The second-order valence-corrected chi connectivity index (χ2v) is 6.59. The van der Waals surface area contributed by atoms with Gasteiger partial charge in [-0.1, -0.05) is 34.6 Å². The minimum atomic E-state index is 0.333. The Labute approximate surface area is 91.9 Å². The molecule has 88 valence electrons.